The lowest BCUT2D eigenvalue weighted by molar-refractivity contribution is 0.340. The minimum absolute atomic E-state index is 0.00347. The second-order valence-electron chi connectivity index (χ2n) is 4.18. The zero-order valence-electron chi connectivity index (χ0n) is 10.7. The highest BCUT2D eigenvalue weighted by Crippen LogP contribution is 2.38. The molecule has 106 valence electrons. The number of rotatable bonds is 4. The Bertz CT molecular complexity index is 597. The van der Waals surface area contributed by atoms with Crippen molar-refractivity contribution in [1.29, 1.82) is 0 Å². The Morgan fingerprint density at radius 1 is 1.10 bits per heavy atom. The van der Waals surface area contributed by atoms with Crippen LogP contribution in [0.3, 0.4) is 0 Å². The van der Waals surface area contributed by atoms with Gasteiger partial charge in [-0.2, -0.15) is 0 Å². The van der Waals surface area contributed by atoms with Gasteiger partial charge < -0.3 is 4.74 Å². The summed E-state index contributed by atoms with van der Waals surface area (Å²) in [5.74, 6) is 0.840. The van der Waals surface area contributed by atoms with Gasteiger partial charge in [-0.1, -0.05) is 61.1 Å². The van der Waals surface area contributed by atoms with Crippen LogP contribution in [0.25, 0.3) is 0 Å². The molecule has 1 nitrogen and oxygen atoms in total. The number of alkyl halides is 1. The Hall–Kier alpha value is -0.220. The van der Waals surface area contributed by atoms with Gasteiger partial charge in [-0.3, -0.25) is 0 Å². The number of benzene rings is 2. The van der Waals surface area contributed by atoms with E-state index in [1.54, 1.807) is 6.07 Å². The van der Waals surface area contributed by atoms with Crippen molar-refractivity contribution in [2.24, 2.45) is 0 Å². The lowest BCUT2D eigenvalue weighted by atomic mass is 10.0. The first kappa shape index (κ1) is 16.2. The standard InChI is InChI=1S/C15H12Br2Cl2O/c1-2-20-12-3-4-13(14(16)8-12)15(17)9-5-10(18)7-11(19)6-9/h3-8,15H,2H2,1H3. The molecule has 2 rings (SSSR count). The van der Waals surface area contributed by atoms with Crippen LogP contribution < -0.4 is 4.74 Å². The summed E-state index contributed by atoms with van der Waals surface area (Å²) >= 11 is 19.4. The van der Waals surface area contributed by atoms with E-state index in [1.807, 2.05) is 37.3 Å². The third-order valence-corrected chi connectivity index (χ3v) is 4.88. The fourth-order valence-electron chi connectivity index (χ4n) is 1.87. The van der Waals surface area contributed by atoms with Gasteiger partial charge in [-0.05, 0) is 48.4 Å². The molecule has 0 fully saturated rings. The summed E-state index contributed by atoms with van der Waals surface area (Å²) in [4.78, 5) is 0.00347. The van der Waals surface area contributed by atoms with Crippen LogP contribution in [0, 0.1) is 0 Å². The first-order valence-corrected chi connectivity index (χ1v) is 8.50. The average molecular weight is 439 g/mol. The molecule has 0 N–H and O–H groups in total. The number of hydrogen-bond donors (Lipinski definition) is 0. The first-order valence-electron chi connectivity index (χ1n) is 6.03. The zero-order chi connectivity index (χ0) is 14.7. The van der Waals surface area contributed by atoms with Crippen molar-refractivity contribution < 1.29 is 4.74 Å². The van der Waals surface area contributed by atoms with Crippen molar-refractivity contribution in [3.63, 3.8) is 0 Å². The van der Waals surface area contributed by atoms with Gasteiger partial charge in [-0.25, -0.2) is 0 Å². The van der Waals surface area contributed by atoms with E-state index in [0.717, 1.165) is 21.3 Å². The molecule has 1 atom stereocenters. The monoisotopic (exact) mass is 436 g/mol. The number of ether oxygens (including phenoxy) is 1. The summed E-state index contributed by atoms with van der Waals surface area (Å²) in [5, 5.41) is 1.25. The maximum atomic E-state index is 6.05. The fraction of sp³-hybridized carbons (Fsp3) is 0.200. The Morgan fingerprint density at radius 3 is 2.30 bits per heavy atom. The van der Waals surface area contributed by atoms with Crippen molar-refractivity contribution in [1.82, 2.24) is 0 Å². The van der Waals surface area contributed by atoms with E-state index < -0.39 is 0 Å². The van der Waals surface area contributed by atoms with Crippen LogP contribution in [0.15, 0.2) is 40.9 Å². The molecule has 0 aliphatic carbocycles. The molecule has 0 aromatic heterocycles. The maximum absolute atomic E-state index is 6.05. The van der Waals surface area contributed by atoms with Gasteiger partial charge in [0, 0.05) is 14.5 Å². The van der Waals surface area contributed by atoms with Crippen molar-refractivity contribution in [3.05, 3.63) is 62.0 Å². The maximum Gasteiger partial charge on any atom is 0.120 e. The van der Waals surface area contributed by atoms with Gasteiger partial charge >= 0.3 is 0 Å². The Labute approximate surface area is 145 Å². The van der Waals surface area contributed by atoms with Crippen molar-refractivity contribution in [2.45, 2.75) is 11.8 Å². The minimum atomic E-state index is 0.00347. The van der Waals surface area contributed by atoms with Crippen LogP contribution in [0.5, 0.6) is 5.75 Å². The van der Waals surface area contributed by atoms with Crippen molar-refractivity contribution >= 4 is 55.1 Å². The third kappa shape index (κ3) is 3.91. The highest BCUT2D eigenvalue weighted by atomic mass is 79.9. The molecule has 0 saturated heterocycles. The Morgan fingerprint density at radius 2 is 1.75 bits per heavy atom. The van der Waals surface area contributed by atoms with E-state index in [0.29, 0.717) is 16.7 Å². The molecule has 0 bridgehead atoms. The van der Waals surface area contributed by atoms with E-state index in [-0.39, 0.29) is 4.83 Å². The molecule has 0 heterocycles. The number of halogens is 4. The zero-order valence-corrected chi connectivity index (χ0v) is 15.4. The van der Waals surface area contributed by atoms with Gasteiger partial charge in [0.1, 0.15) is 5.75 Å². The lowest BCUT2D eigenvalue weighted by Crippen LogP contribution is -1.96. The van der Waals surface area contributed by atoms with Crippen LogP contribution >= 0.6 is 55.1 Å². The average Bonchev–Trinajstić information content (AvgIpc) is 2.37. The molecule has 1 unspecified atom stereocenters. The smallest absolute Gasteiger partial charge is 0.120 e. The van der Waals surface area contributed by atoms with Gasteiger partial charge in [0.25, 0.3) is 0 Å². The minimum Gasteiger partial charge on any atom is -0.494 e. The summed E-state index contributed by atoms with van der Waals surface area (Å²) in [7, 11) is 0. The summed E-state index contributed by atoms with van der Waals surface area (Å²) in [6.07, 6.45) is 0. The quantitative estimate of drug-likeness (QED) is 0.486. The molecule has 0 aliphatic heterocycles. The molecule has 0 radical (unpaired) electrons. The van der Waals surface area contributed by atoms with Crippen LogP contribution in [-0.4, -0.2) is 6.61 Å². The highest BCUT2D eigenvalue weighted by molar-refractivity contribution is 9.11. The molecular weight excluding hydrogens is 427 g/mol. The van der Waals surface area contributed by atoms with E-state index in [9.17, 15) is 0 Å². The second-order valence-corrected chi connectivity index (χ2v) is 6.82. The van der Waals surface area contributed by atoms with Gasteiger partial charge in [0.05, 0.1) is 11.4 Å². The van der Waals surface area contributed by atoms with Crippen LogP contribution in [0.2, 0.25) is 10.0 Å². The van der Waals surface area contributed by atoms with Gasteiger partial charge in [-0.15, -0.1) is 0 Å². The Balaban J connectivity index is 2.35. The fourth-order valence-corrected chi connectivity index (χ4v) is 3.97. The Kier molecular flexibility index (Phi) is 5.79. The predicted octanol–water partition coefficient (Wildman–Crippen LogP) is 6.64. The summed E-state index contributed by atoms with van der Waals surface area (Å²) < 4.78 is 6.45. The van der Waals surface area contributed by atoms with Crippen LogP contribution in [0.1, 0.15) is 22.9 Å². The summed E-state index contributed by atoms with van der Waals surface area (Å²) in [6, 6.07) is 11.4. The lowest BCUT2D eigenvalue weighted by Gasteiger charge is -2.15. The van der Waals surface area contributed by atoms with E-state index >= 15 is 0 Å². The van der Waals surface area contributed by atoms with Crippen molar-refractivity contribution in [2.75, 3.05) is 6.61 Å². The SMILES string of the molecule is CCOc1ccc(C(Br)c2cc(Cl)cc(Cl)c2)c(Br)c1. The second kappa shape index (κ2) is 7.17. The molecule has 0 amide bonds. The molecule has 5 heteroatoms. The molecule has 0 aliphatic rings. The van der Waals surface area contributed by atoms with E-state index in [1.165, 1.54) is 0 Å². The topological polar surface area (TPSA) is 9.23 Å². The van der Waals surface area contributed by atoms with E-state index in [2.05, 4.69) is 31.9 Å². The van der Waals surface area contributed by atoms with Gasteiger partial charge in [0.15, 0.2) is 0 Å². The third-order valence-electron chi connectivity index (χ3n) is 2.73. The molecule has 20 heavy (non-hydrogen) atoms. The highest BCUT2D eigenvalue weighted by Gasteiger charge is 2.15. The number of hydrogen-bond acceptors (Lipinski definition) is 1. The molecule has 2 aromatic carbocycles. The summed E-state index contributed by atoms with van der Waals surface area (Å²) in [5.41, 5.74) is 2.10. The summed E-state index contributed by atoms with van der Waals surface area (Å²) in [6.45, 7) is 2.61. The normalized spacial score (nSPS) is 12.2. The van der Waals surface area contributed by atoms with Gasteiger partial charge in [0.2, 0.25) is 0 Å². The molecule has 0 saturated carbocycles. The molecule has 2 aromatic rings. The first-order chi connectivity index (χ1) is 9.51. The van der Waals surface area contributed by atoms with E-state index in [4.69, 9.17) is 27.9 Å². The predicted molar refractivity (Wildman–Crippen MR) is 92.5 cm³/mol. The van der Waals surface area contributed by atoms with Crippen LogP contribution in [-0.2, 0) is 0 Å². The van der Waals surface area contributed by atoms with Crippen molar-refractivity contribution in [3.8, 4) is 5.75 Å². The van der Waals surface area contributed by atoms with Crippen LogP contribution in [0.4, 0.5) is 0 Å². The molecule has 0 spiro atoms. The molecular formula is C15H12Br2Cl2O. The largest absolute Gasteiger partial charge is 0.494 e.